The highest BCUT2D eigenvalue weighted by molar-refractivity contribution is 5.90. The number of carbonyl (C=O) groups excluding carboxylic acids is 2. The molecule has 0 bridgehead atoms. The van der Waals surface area contributed by atoms with E-state index in [0.717, 1.165) is 13.0 Å². The summed E-state index contributed by atoms with van der Waals surface area (Å²) in [6.07, 6.45) is 4.27. The zero-order valence-corrected chi connectivity index (χ0v) is 13.7. The van der Waals surface area contributed by atoms with Gasteiger partial charge in [0, 0.05) is 14.1 Å². The third-order valence-corrected chi connectivity index (χ3v) is 4.79. The first-order valence-corrected chi connectivity index (χ1v) is 8.15. The zero-order chi connectivity index (χ0) is 15.6. The Morgan fingerprint density at radius 1 is 1.29 bits per heavy atom. The second-order valence-corrected chi connectivity index (χ2v) is 7.16. The van der Waals surface area contributed by atoms with Crippen LogP contribution in [0.5, 0.6) is 0 Å². The second-order valence-electron chi connectivity index (χ2n) is 7.16. The summed E-state index contributed by atoms with van der Waals surface area (Å²) in [7, 11) is 3.48. The Hall–Kier alpha value is -1.10. The van der Waals surface area contributed by atoms with Crippen molar-refractivity contribution in [2.24, 2.45) is 17.8 Å². The summed E-state index contributed by atoms with van der Waals surface area (Å²) < 4.78 is 0. The number of carbonyl (C=O) groups is 2. The Morgan fingerprint density at radius 3 is 2.62 bits per heavy atom. The van der Waals surface area contributed by atoms with E-state index in [1.54, 1.807) is 19.0 Å². The Balaban J connectivity index is 1.98. The molecule has 1 saturated carbocycles. The molecule has 0 aromatic carbocycles. The number of amides is 2. The van der Waals surface area contributed by atoms with Gasteiger partial charge in [-0.3, -0.25) is 9.59 Å². The van der Waals surface area contributed by atoms with Gasteiger partial charge < -0.3 is 15.5 Å². The molecule has 0 radical (unpaired) electrons. The van der Waals surface area contributed by atoms with E-state index in [1.807, 2.05) is 0 Å². The normalized spacial score (nSPS) is 29.3. The molecule has 120 valence electrons. The third kappa shape index (κ3) is 3.76. The lowest BCUT2D eigenvalue weighted by Gasteiger charge is -2.26. The molecule has 1 aliphatic carbocycles. The smallest absolute Gasteiger partial charge is 0.244 e. The first kappa shape index (κ1) is 16.3. The van der Waals surface area contributed by atoms with Crippen molar-refractivity contribution in [2.75, 3.05) is 20.6 Å². The molecular weight excluding hydrogens is 266 g/mol. The maximum Gasteiger partial charge on any atom is 0.244 e. The lowest BCUT2D eigenvalue weighted by Crippen LogP contribution is -2.52. The van der Waals surface area contributed by atoms with Crippen LogP contribution in [0.15, 0.2) is 0 Å². The van der Waals surface area contributed by atoms with Gasteiger partial charge in [-0.1, -0.05) is 20.3 Å². The van der Waals surface area contributed by atoms with Crippen LogP contribution in [0.1, 0.15) is 39.5 Å². The summed E-state index contributed by atoms with van der Waals surface area (Å²) in [6, 6.07) is -0.517. The molecule has 1 heterocycles. The standard InChI is InChI=1S/C16H29N3O2/c1-10(2)8-13(16(21)19(3)4)18-15(20)14-12-7-5-6-11(12)9-17-14/h10-14,17H,5-9H2,1-4H3,(H,18,20). The van der Waals surface area contributed by atoms with Gasteiger partial charge >= 0.3 is 0 Å². The quantitative estimate of drug-likeness (QED) is 0.795. The first-order chi connectivity index (χ1) is 9.90. The summed E-state index contributed by atoms with van der Waals surface area (Å²) in [5, 5.41) is 6.34. The van der Waals surface area contributed by atoms with E-state index in [1.165, 1.54) is 12.8 Å². The van der Waals surface area contributed by atoms with Gasteiger partial charge in [-0.2, -0.15) is 0 Å². The minimum Gasteiger partial charge on any atom is -0.347 e. The summed E-state index contributed by atoms with van der Waals surface area (Å²) >= 11 is 0. The highest BCUT2D eigenvalue weighted by atomic mass is 16.2. The van der Waals surface area contributed by atoms with Crippen LogP contribution < -0.4 is 10.6 Å². The Morgan fingerprint density at radius 2 is 2.00 bits per heavy atom. The zero-order valence-electron chi connectivity index (χ0n) is 13.7. The van der Waals surface area contributed by atoms with E-state index in [4.69, 9.17) is 0 Å². The minimum atomic E-state index is -0.408. The average Bonchev–Trinajstić information content (AvgIpc) is 2.98. The Bertz CT molecular complexity index is 395. The van der Waals surface area contributed by atoms with Crippen LogP contribution in [-0.2, 0) is 9.59 Å². The fraction of sp³-hybridized carbons (Fsp3) is 0.875. The van der Waals surface area contributed by atoms with Crippen LogP contribution in [0.2, 0.25) is 0 Å². The van der Waals surface area contributed by atoms with Gasteiger partial charge in [0.2, 0.25) is 11.8 Å². The topological polar surface area (TPSA) is 61.4 Å². The Kier molecular flexibility index (Phi) is 5.25. The van der Waals surface area contributed by atoms with Crippen LogP contribution in [0.3, 0.4) is 0 Å². The molecule has 2 fully saturated rings. The molecule has 5 nitrogen and oxygen atoms in total. The molecular formula is C16H29N3O2. The van der Waals surface area contributed by atoms with Gasteiger partial charge in [0.1, 0.15) is 6.04 Å². The van der Waals surface area contributed by atoms with E-state index < -0.39 is 6.04 Å². The molecule has 0 aromatic heterocycles. The van der Waals surface area contributed by atoms with E-state index in [-0.39, 0.29) is 17.9 Å². The van der Waals surface area contributed by atoms with E-state index in [9.17, 15) is 9.59 Å². The van der Waals surface area contributed by atoms with Crippen LogP contribution in [0, 0.1) is 17.8 Å². The molecule has 0 aromatic rings. The first-order valence-electron chi connectivity index (χ1n) is 8.15. The molecule has 4 atom stereocenters. The lowest BCUT2D eigenvalue weighted by molar-refractivity contribution is -0.135. The summed E-state index contributed by atoms with van der Waals surface area (Å²) in [4.78, 5) is 26.4. The highest BCUT2D eigenvalue weighted by Crippen LogP contribution is 2.37. The molecule has 2 N–H and O–H groups in total. The van der Waals surface area contributed by atoms with Crippen molar-refractivity contribution in [3.8, 4) is 0 Å². The number of rotatable bonds is 5. The number of nitrogens with one attached hydrogen (secondary N) is 2. The number of hydrogen-bond donors (Lipinski definition) is 2. The molecule has 2 rings (SSSR count). The van der Waals surface area contributed by atoms with Crippen molar-refractivity contribution < 1.29 is 9.59 Å². The number of likely N-dealkylation sites (N-methyl/N-ethyl adjacent to an activating group) is 1. The van der Waals surface area contributed by atoms with Crippen LogP contribution in [0.25, 0.3) is 0 Å². The molecule has 2 aliphatic rings. The van der Waals surface area contributed by atoms with Crippen molar-refractivity contribution in [3.05, 3.63) is 0 Å². The van der Waals surface area contributed by atoms with Gasteiger partial charge in [-0.25, -0.2) is 0 Å². The number of hydrogen-bond acceptors (Lipinski definition) is 3. The fourth-order valence-corrected chi connectivity index (χ4v) is 3.74. The highest BCUT2D eigenvalue weighted by Gasteiger charge is 2.43. The maximum atomic E-state index is 12.6. The lowest BCUT2D eigenvalue weighted by atomic mass is 9.93. The van der Waals surface area contributed by atoms with Crippen molar-refractivity contribution >= 4 is 11.8 Å². The van der Waals surface area contributed by atoms with Crippen molar-refractivity contribution in [1.29, 1.82) is 0 Å². The molecule has 0 spiro atoms. The molecule has 2 amide bonds. The number of nitrogens with zero attached hydrogens (tertiary/aromatic N) is 1. The predicted octanol–water partition coefficient (Wildman–Crippen LogP) is 0.994. The van der Waals surface area contributed by atoms with Gasteiger partial charge in [0.05, 0.1) is 6.04 Å². The van der Waals surface area contributed by atoms with Gasteiger partial charge in [0.25, 0.3) is 0 Å². The van der Waals surface area contributed by atoms with Crippen molar-refractivity contribution in [2.45, 2.75) is 51.6 Å². The minimum absolute atomic E-state index is 0.00486. The molecule has 5 heteroatoms. The van der Waals surface area contributed by atoms with Gasteiger partial charge in [0.15, 0.2) is 0 Å². The van der Waals surface area contributed by atoms with Crippen LogP contribution >= 0.6 is 0 Å². The van der Waals surface area contributed by atoms with E-state index >= 15 is 0 Å². The monoisotopic (exact) mass is 295 g/mol. The maximum absolute atomic E-state index is 12.6. The van der Waals surface area contributed by atoms with E-state index in [2.05, 4.69) is 24.5 Å². The molecule has 21 heavy (non-hydrogen) atoms. The molecule has 4 unspecified atom stereocenters. The molecule has 1 saturated heterocycles. The third-order valence-electron chi connectivity index (χ3n) is 4.79. The van der Waals surface area contributed by atoms with Crippen molar-refractivity contribution in [1.82, 2.24) is 15.5 Å². The Labute approximate surface area is 127 Å². The van der Waals surface area contributed by atoms with Crippen molar-refractivity contribution in [3.63, 3.8) is 0 Å². The SMILES string of the molecule is CC(C)CC(NC(=O)C1NCC2CCCC21)C(=O)N(C)C. The van der Waals surface area contributed by atoms with Crippen LogP contribution in [0.4, 0.5) is 0 Å². The van der Waals surface area contributed by atoms with E-state index in [0.29, 0.717) is 24.2 Å². The summed E-state index contributed by atoms with van der Waals surface area (Å²) in [6.45, 7) is 5.09. The second kappa shape index (κ2) is 6.77. The predicted molar refractivity (Wildman–Crippen MR) is 82.7 cm³/mol. The average molecular weight is 295 g/mol. The fourth-order valence-electron chi connectivity index (χ4n) is 3.74. The van der Waals surface area contributed by atoms with Gasteiger partial charge in [-0.05, 0) is 43.6 Å². The largest absolute Gasteiger partial charge is 0.347 e. The van der Waals surface area contributed by atoms with Crippen LogP contribution in [-0.4, -0.2) is 49.4 Å². The summed E-state index contributed by atoms with van der Waals surface area (Å²) in [5.74, 6) is 1.46. The van der Waals surface area contributed by atoms with Gasteiger partial charge in [-0.15, -0.1) is 0 Å². The number of fused-ring (bicyclic) bond motifs is 1. The summed E-state index contributed by atoms with van der Waals surface area (Å²) in [5.41, 5.74) is 0. The molecule has 1 aliphatic heterocycles.